The van der Waals surface area contributed by atoms with Crippen molar-refractivity contribution in [2.24, 2.45) is 0 Å². The molecule has 96 valence electrons. The number of hydrogen-bond acceptors (Lipinski definition) is 3. The second-order valence-electron chi connectivity index (χ2n) is 4.29. The summed E-state index contributed by atoms with van der Waals surface area (Å²) in [6, 6.07) is 6.39. The lowest BCUT2D eigenvalue weighted by molar-refractivity contribution is 0.731. The van der Waals surface area contributed by atoms with Crippen LogP contribution in [0.25, 0.3) is 10.6 Å². The van der Waals surface area contributed by atoms with E-state index >= 15 is 0 Å². The van der Waals surface area contributed by atoms with Gasteiger partial charge in [0.1, 0.15) is 5.01 Å². The fraction of sp³-hybridized carbons (Fsp3) is 0.357. The Hall–Kier alpha value is -0.710. The molecule has 0 atom stereocenters. The normalized spacial score (nSPS) is 10.9. The monoisotopic (exact) mass is 324 g/mol. The van der Waals surface area contributed by atoms with Gasteiger partial charge in [0.05, 0.1) is 5.69 Å². The molecule has 2 rings (SSSR count). The van der Waals surface area contributed by atoms with Gasteiger partial charge < -0.3 is 5.32 Å². The van der Waals surface area contributed by atoms with E-state index in [4.69, 9.17) is 0 Å². The summed E-state index contributed by atoms with van der Waals surface area (Å²) in [6.45, 7) is 8.19. The molecule has 0 bridgehead atoms. The molecule has 0 radical (unpaired) electrons. The number of benzene rings is 1. The van der Waals surface area contributed by atoms with Gasteiger partial charge in [-0.15, -0.1) is 11.3 Å². The lowest BCUT2D eigenvalue weighted by Crippen LogP contribution is -2.11. The van der Waals surface area contributed by atoms with Crippen LogP contribution >= 0.6 is 27.3 Å². The molecule has 0 saturated heterocycles. The molecular weight excluding hydrogens is 308 g/mol. The molecule has 2 aromatic rings. The predicted octanol–water partition coefficient (Wildman–Crippen LogP) is 4.30. The van der Waals surface area contributed by atoms with E-state index in [0.29, 0.717) is 0 Å². The molecule has 0 aliphatic rings. The van der Waals surface area contributed by atoms with Crippen LogP contribution in [0.2, 0.25) is 0 Å². The first kappa shape index (κ1) is 13.7. The third kappa shape index (κ3) is 2.99. The van der Waals surface area contributed by atoms with E-state index in [1.165, 1.54) is 16.0 Å². The van der Waals surface area contributed by atoms with Crippen molar-refractivity contribution in [2.75, 3.05) is 6.54 Å². The molecule has 0 saturated carbocycles. The van der Waals surface area contributed by atoms with Crippen molar-refractivity contribution in [3.63, 3.8) is 0 Å². The van der Waals surface area contributed by atoms with E-state index in [-0.39, 0.29) is 0 Å². The van der Waals surface area contributed by atoms with Gasteiger partial charge in [-0.3, -0.25) is 0 Å². The molecule has 18 heavy (non-hydrogen) atoms. The average Bonchev–Trinajstić information content (AvgIpc) is 2.68. The van der Waals surface area contributed by atoms with E-state index in [2.05, 4.69) is 65.2 Å². The number of thiazole rings is 1. The number of nitrogens with one attached hydrogen (secondary N) is 1. The first-order valence-electron chi connectivity index (χ1n) is 6.05. The molecule has 0 fully saturated rings. The van der Waals surface area contributed by atoms with E-state index in [9.17, 15) is 0 Å². The van der Waals surface area contributed by atoms with Crippen LogP contribution in [-0.2, 0) is 6.54 Å². The summed E-state index contributed by atoms with van der Waals surface area (Å²) in [5, 5.41) is 4.44. The summed E-state index contributed by atoms with van der Waals surface area (Å²) < 4.78 is 1.12. The van der Waals surface area contributed by atoms with Gasteiger partial charge in [-0.05, 0) is 32.0 Å². The standard InChI is InChI=1S/C14H17BrN2S/c1-4-16-8-13-10(3)17-14(18-13)11-6-5-9(2)7-12(11)15/h5-7,16H,4,8H2,1-3H3. The summed E-state index contributed by atoms with van der Waals surface area (Å²) in [7, 11) is 0. The molecule has 0 aliphatic carbocycles. The molecule has 4 heteroatoms. The largest absolute Gasteiger partial charge is 0.312 e. The van der Waals surface area contributed by atoms with E-state index in [0.717, 1.165) is 28.3 Å². The van der Waals surface area contributed by atoms with Crippen molar-refractivity contribution in [1.82, 2.24) is 10.3 Å². The Morgan fingerprint density at radius 1 is 1.33 bits per heavy atom. The summed E-state index contributed by atoms with van der Waals surface area (Å²) in [5.74, 6) is 0. The van der Waals surface area contributed by atoms with Crippen molar-refractivity contribution >= 4 is 27.3 Å². The molecule has 0 spiro atoms. The smallest absolute Gasteiger partial charge is 0.125 e. The first-order chi connectivity index (χ1) is 8.61. The van der Waals surface area contributed by atoms with Crippen LogP contribution in [-0.4, -0.2) is 11.5 Å². The molecule has 1 N–H and O–H groups in total. The third-order valence-corrected chi connectivity index (χ3v) is 4.63. The first-order valence-corrected chi connectivity index (χ1v) is 7.66. The van der Waals surface area contributed by atoms with E-state index in [1.807, 2.05) is 0 Å². The zero-order valence-electron chi connectivity index (χ0n) is 10.9. The van der Waals surface area contributed by atoms with Crippen LogP contribution in [0.1, 0.15) is 23.1 Å². The highest BCUT2D eigenvalue weighted by atomic mass is 79.9. The number of halogens is 1. The van der Waals surface area contributed by atoms with Crippen LogP contribution < -0.4 is 5.32 Å². The van der Waals surface area contributed by atoms with Gasteiger partial charge in [0.15, 0.2) is 0 Å². The van der Waals surface area contributed by atoms with Gasteiger partial charge in [-0.2, -0.15) is 0 Å². The van der Waals surface area contributed by atoms with Gasteiger partial charge in [0.2, 0.25) is 0 Å². The third-order valence-electron chi connectivity index (χ3n) is 2.78. The molecule has 0 unspecified atom stereocenters. The Labute approximate surface area is 121 Å². The number of aromatic nitrogens is 1. The fourth-order valence-electron chi connectivity index (χ4n) is 1.74. The number of aryl methyl sites for hydroxylation is 2. The minimum absolute atomic E-state index is 0.906. The summed E-state index contributed by atoms with van der Waals surface area (Å²) in [4.78, 5) is 5.99. The highest BCUT2D eigenvalue weighted by molar-refractivity contribution is 9.10. The van der Waals surface area contributed by atoms with Crippen molar-refractivity contribution in [3.05, 3.63) is 38.8 Å². The van der Waals surface area contributed by atoms with Crippen LogP contribution in [0.5, 0.6) is 0 Å². The Kier molecular flexibility index (Phi) is 4.54. The second-order valence-corrected chi connectivity index (χ2v) is 6.23. The quantitative estimate of drug-likeness (QED) is 0.907. The maximum Gasteiger partial charge on any atom is 0.125 e. The van der Waals surface area contributed by atoms with Crippen LogP contribution in [0.3, 0.4) is 0 Å². The predicted molar refractivity (Wildman–Crippen MR) is 82.1 cm³/mol. The fourth-order valence-corrected chi connectivity index (χ4v) is 3.62. The van der Waals surface area contributed by atoms with Crippen LogP contribution in [0.15, 0.2) is 22.7 Å². The Morgan fingerprint density at radius 3 is 2.78 bits per heavy atom. The van der Waals surface area contributed by atoms with Crippen LogP contribution in [0.4, 0.5) is 0 Å². The number of nitrogens with zero attached hydrogens (tertiary/aromatic N) is 1. The Morgan fingerprint density at radius 2 is 2.11 bits per heavy atom. The number of hydrogen-bond donors (Lipinski definition) is 1. The minimum atomic E-state index is 0.906. The SMILES string of the molecule is CCNCc1sc(-c2ccc(C)cc2Br)nc1C. The van der Waals surface area contributed by atoms with Crippen molar-refractivity contribution in [1.29, 1.82) is 0 Å². The van der Waals surface area contributed by atoms with Gasteiger partial charge in [-0.25, -0.2) is 4.98 Å². The topological polar surface area (TPSA) is 24.9 Å². The highest BCUT2D eigenvalue weighted by Crippen LogP contribution is 2.33. The van der Waals surface area contributed by atoms with Crippen LogP contribution in [0, 0.1) is 13.8 Å². The zero-order chi connectivity index (χ0) is 13.1. The molecule has 2 nitrogen and oxygen atoms in total. The summed E-state index contributed by atoms with van der Waals surface area (Å²) in [6.07, 6.45) is 0. The van der Waals surface area contributed by atoms with E-state index in [1.54, 1.807) is 11.3 Å². The Balaban J connectivity index is 2.33. The maximum atomic E-state index is 4.67. The van der Waals surface area contributed by atoms with Gasteiger partial charge in [-0.1, -0.05) is 35.0 Å². The maximum absolute atomic E-state index is 4.67. The molecule has 1 aromatic heterocycles. The van der Waals surface area contributed by atoms with Gasteiger partial charge >= 0.3 is 0 Å². The van der Waals surface area contributed by atoms with Gasteiger partial charge in [0, 0.05) is 21.5 Å². The minimum Gasteiger partial charge on any atom is -0.312 e. The van der Waals surface area contributed by atoms with E-state index < -0.39 is 0 Å². The number of rotatable bonds is 4. The molecule has 1 aromatic carbocycles. The average molecular weight is 325 g/mol. The van der Waals surface area contributed by atoms with Crippen molar-refractivity contribution in [2.45, 2.75) is 27.3 Å². The Bertz CT molecular complexity index is 549. The summed E-state index contributed by atoms with van der Waals surface area (Å²) in [5.41, 5.74) is 3.56. The molecule has 0 aliphatic heterocycles. The molecule has 1 heterocycles. The summed E-state index contributed by atoms with van der Waals surface area (Å²) >= 11 is 5.39. The second kappa shape index (κ2) is 5.95. The lowest BCUT2D eigenvalue weighted by atomic mass is 10.2. The van der Waals surface area contributed by atoms with Gasteiger partial charge in [0.25, 0.3) is 0 Å². The highest BCUT2D eigenvalue weighted by Gasteiger charge is 2.11. The molecular formula is C14H17BrN2S. The van der Waals surface area contributed by atoms with Crippen molar-refractivity contribution in [3.8, 4) is 10.6 Å². The molecule has 0 amide bonds. The zero-order valence-corrected chi connectivity index (χ0v) is 13.3. The lowest BCUT2D eigenvalue weighted by Gasteiger charge is -2.01. The van der Waals surface area contributed by atoms with Crippen molar-refractivity contribution < 1.29 is 0 Å².